The molecule has 2 atom stereocenters. The molecular formula is C10H17ClN2O2. The van der Waals surface area contributed by atoms with Gasteiger partial charge in [0.05, 0.1) is 0 Å². The summed E-state index contributed by atoms with van der Waals surface area (Å²) in [6.07, 6.45) is 0.788. The Morgan fingerprint density at radius 2 is 2.20 bits per heavy atom. The minimum atomic E-state index is -0.484. The van der Waals surface area contributed by atoms with Crippen molar-refractivity contribution in [1.82, 2.24) is 10.1 Å². The zero-order valence-electron chi connectivity index (χ0n) is 9.58. The summed E-state index contributed by atoms with van der Waals surface area (Å²) >= 11 is 5.85. The van der Waals surface area contributed by atoms with Crippen LogP contribution < -0.4 is 0 Å². The average molecular weight is 233 g/mol. The van der Waals surface area contributed by atoms with Crippen molar-refractivity contribution in [3.8, 4) is 0 Å². The van der Waals surface area contributed by atoms with E-state index in [9.17, 15) is 0 Å². The molecule has 1 heterocycles. The maximum atomic E-state index is 5.85. The van der Waals surface area contributed by atoms with Crippen LogP contribution in [0.1, 0.15) is 51.2 Å². The first-order valence-corrected chi connectivity index (χ1v) is 5.59. The predicted molar refractivity (Wildman–Crippen MR) is 57.8 cm³/mol. The van der Waals surface area contributed by atoms with Crippen molar-refractivity contribution in [3.05, 3.63) is 11.7 Å². The molecule has 0 aliphatic carbocycles. The second-order valence-electron chi connectivity index (χ2n) is 3.59. The average Bonchev–Trinajstić information content (AvgIpc) is 2.67. The first-order valence-electron chi connectivity index (χ1n) is 5.15. The van der Waals surface area contributed by atoms with Crippen molar-refractivity contribution in [2.75, 3.05) is 6.61 Å². The fourth-order valence-electron chi connectivity index (χ4n) is 1.25. The Hall–Kier alpha value is -0.610. The lowest BCUT2D eigenvalue weighted by atomic mass is 10.0. The molecule has 2 unspecified atom stereocenters. The van der Waals surface area contributed by atoms with Crippen LogP contribution in [0.15, 0.2) is 4.52 Å². The van der Waals surface area contributed by atoms with Crippen LogP contribution in [0.3, 0.4) is 0 Å². The van der Waals surface area contributed by atoms with Gasteiger partial charge in [-0.1, -0.05) is 12.1 Å². The highest BCUT2D eigenvalue weighted by Gasteiger charge is 2.31. The first kappa shape index (κ1) is 12.5. The number of hydrogen-bond acceptors (Lipinski definition) is 4. The standard InChI is InChI=1S/C10H17ClN2O2/c1-5-10(4,14-6-2)9-12-8(7(3)11)15-13-9/h7H,5-6H2,1-4H3. The topological polar surface area (TPSA) is 48.2 Å². The van der Waals surface area contributed by atoms with Crippen LogP contribution in [-0.4, -0.2) is 16.7 Å². The summed E-state index contributed by atoms with van der Waals surface area (Å²) in [7, 11) is 0. The van der Waals surface area contributed by atoms with Crippen molar-refractivity contribution in [2.45, 2.75) is 45.1 Å². The SMILES string of the molecule is CCOC(C)(CC)c1noc(C(C)Cl)n1. The minimum Gasteiger partial charge on any atom is -0.367 e. The Morgan fingerprint density at radius 3 is 2.60 bits per heavy atom. The molecule has 0 aliphatic heterocycles. The van der Waals surface area contributed by atoms with Crippen molar-refractivity contribution in [3.63, 3.8) is 0 Å². The van der Waals surface area contributed by atoms with Gasteiger partial charge in [-0.3, -0.25) is 0 Å². The molecule has 0 radical (unpaired) electrons. The quantitative estimate of drug-likeness (QED) is 0.733. The Balaban J connectivity index is 2.92. The maximum Gasteiger partial charge on any atom is 0.244 e. The van der Waals surface area contributed by atoms with Gasteiger partial charge in [0.2, 0.25) is 11.7 Å². The smallest absolute Gasteiger partial charge is 0.244 e. The van der Waals surface area contributed by atoms with Crippen LogP contribution in [0.5, 0.6) is 0 Å². The van der Waals surface area contributed by atoms with Crippen LogP contribution in [0, 0.1) is 0 Å². The molecule has 0 spiro atoms. The highest BCUT2D eigenvalue weighted by Crippen LogP contribution is 2.28. The third kappa shape index (κ3) is 2.69. The van der Waals surface area contributed by atoms with E-state index in [-0.39, 0.29) is 5.38 Å². The molecule has 86 valence electrons. The molecule has 0 saturated heterocycles. The zero-order valence-corrected chi connectivity index (χ0v) is 10.3. The van der Waals surface area contributed by atoms with Crippen LogP contribution in [0.4, 0.5) is 0 Å². The Bertz CT molecular complexity index is 314. The van der Waals surface area contributed by atoms with Crippen LogP contribution in [0.2, 0.25) is 0 Å². The van der Waals surface area contributed by atoms with E-state index in [0.29, 0.717) is 18.3 Å². The molecule has 0 bridgehead atoms. The molecule has 0 amide bonds. The maximum absolute atomic E-state index is 5.85. The summed E-state index contributed by atoms with van der Waals surface area (Å²) in [5.74, 6) is 1.00. The number of ether oxygens (including phenoxy) is 1. The molecule has 4 nitrogen and oxygen atoms in total. The highest BCUT2D eigenvalue weighted by molar-refractivity contribution is 6.20. The lowest BCUT2D eigenvalue weighted by Gasteiger charge is -2.23. The van der Waals surface area contributed by atoms with Gasteiger partial charge in [-0.2, -0.15) is 4.98 Å². The third-order valence-corrected chi connectivity index (χ3v) is 2.58. The summed E-state index contributed by atoms with van der Waals surface area (Å²) in [5, 5.41) is 3.63. The van der Waals surface area contributed by atoms with Crippen molar-refractivity contribution in [2.24, 2.45) is 0 Å². The largest absolute Gasteiger partial charge is 0.367 e. The first-order chi connectivity index (χ1) is 7.03. The summed E-state index contributed by atoms with van der Waals surface area (Å²) in [6.45, 7) is 8.33. The van der Waals surface area contributed by atoms with E-state index < -0.39 is 5.60 Å². The number of aromatic nitrogens is 2. The van der Waals surface area contributed by atoms with Gasteiger partial charge in [-0.25, -0.2) is 0 Å². The number of hydrogen-bond donors (Lipinski definition) is 0. The van der Waals surface area contributed by atoms with Gasteiger partial charge in [0, 0.05) is 6.61 Å². The lowest BCUT2D eigenvalue weighted by Crippen LogP contribution is -2.26. The van der Waals surface area contributed by atoms with E-state index >= 15 is 0 Å². The van der Waals surface area contributed by atoms with E-state index in [1.165, 1.54) is 0 Å². The van der Waals surface area contributed by atoms with E-state index in [1.807, 2.05) is 20.8 Å². The summed E-state index contributed by atoms with van der Waals surface area (Å²) in [4.78, 5) is 4.24. The summed E-state index contributed by atoms with van der Waals surface area (Å²) < 4.78 is 10.7. The summed E-state index contributed by atoms with van der Waals surface area (Å²) in [5.41, 5.74) is -0.484. The molecule has 0 saturated carbocycles. The highest BCUT2D eigenvalue weighted by atomic mass is 35.5. The Kier molecular flexibility index (Phi) is 4.11. The molecule has 5 heteroatoms. The molecule has 0 aliphatic rings. The molecule has 1 aromatic heterocycles. The van der Waals surface area contributed by atoms with Gasteiger partial charge in [0.1, 0.15) is 11.0 Å². The van der Waals surface area contributed by atoms with E-state index in [1.54, 1.807) is 6.92 Å². The Labute approximate surface area is 95.0 Å². The third-order valence-electron chi connectivity index (χ3n) is 2.39. The van der Waals surface area contributed by atoms with E-state index in [2.05, 4.69) is 10.1 Å². The van der Waals surface area contributed by atoms with Crippen molar-refractivity contribution in [1.29, 1.82) is 0 Å². The van der Waals surface area contributed by atoms with Crippen molar-refractivity contribution >= 4 is 11.6 Å². The van der Waals surface area contributed by atoms with Gasteiger partial charge in [0.25, 0.3) is 0 Å². The molecule has 0 fully saturated rings. The number of nitrogens with zero attached hydrogens (tertiary/aromatic N) is 2. The minimum absolute atomic E-state index is 0.269. The van der Waals surface area contributed by atoms with Gasteiger partial charge < -0.3 is 9.26 Å². The lowest BCUT2D eigenvalue weighted by molar-refractivity contribution is -0.0403. The number of rotatable bonds is 5. The zero-order chi connectivity index (χ0) is 11.5. The number of halogens is 1. The molecule has 15 heavy (non-hydrogen) atoms. The Morgan fingerprint density at radius 1 is 1.53 bits per heavy atom. The van der Waals surface area contributed by atoms with Gasteiger partial charge in [0.15, 0.2) is 0 Å². The fraction of sp³-hybridized carbons (Fsp3) is 0.800. The van der Waals surface area contributed by atoms with Gasteiger partial charge in [-0.15, -0.1) is 11.6 Å². The van der Waals surface area contributed by atoms with Crippen LogP contribution in [-0.2, 0) is 10.3 Å². The second kappa shape index (κ2) is 4.94. The molecule has 1 aromatic rings. The predicted octanol–water partition coefficient (Wildman–Crippen LogP) is 3.03. The molecule has 0 aromatic carbocycles. The normalized spacial score (nSPS) is 17.4. The van der Waals surface area contributed by atoms with Crippen molar-refractivity contribution < 1.29 is 9.26 Å². The van der Waals surface area contributed by atoms with Gasteiger partial charge in [-0.05, 0) is 27.2 Å². The van der Waals surface area contributed by atoms with Gasteiger partial charge >= 0.3 is 0 Å². The van der Waals surface area contributed by atoms with E-state index in [0.717, 1.165) is 6.42 Å². The fourth-order valence-corrected chi connectivity index (χ4v) is 1.34. The monoisotopic (exact) mass is 232 g/mol. The van der Waals surface area contributed by atoms with Crippen LogP contribution in [0.25, 0.3) is 0 Å². The van der Waals surface area contributed by atoms with E-state index in [4.69, 9.17) is 20.9 Å². The molecule has 1 rings (SSSR count). The molecular weight excluding hydrogens is 216 g/mol. The molecule has 0 N–H and O–H groups in total. The van der Waals surface area contributed by atoms with Crippen LogP contribution >= 0.6 is 11.6 Å². The summed E-state index contributed by atoms with van der Waals surface area (Å²) in [6, 6.07) is 0. The number of alkyl halides is 1. The second-order valence-corrected chi connectivity index (χ2v) is 4.24.